The summed E-state index contributed by atoms with van der Waals surface area (Å²) in [5.41, 5.74) is 0.647. The first-order valence-corrected chi connectivity index (χ1v) is 6.36. The number of methoxy groups -OCH3 is 1. The quantitative estimate of drug-likeness (QED) is 0.423. The summed E-state index contributed by atoms with van der Waals surface area (Å²) in [6.45, 7) is 0.337. The van der Waals surface area contributed by atoms with E-state index in [1.165, 1.54) is 6.07 Å². The third kappa shape index (κ3) is 2.47. The monoisotopic (exact) mass is 280 g/mol. The third-order valence-electron chi connectivity index (χ3n) is 3.15. The zero-order valence-electron chi connectivity index (χ0n) is 11.3. The van der Waals surface area contributed by atoms with Crippen molar-refractivity contribution in [2.75, 3.05) is 13.7 Å². The molecule has 1 heterocycles. The summed E-state index contributed by atoms with van der Waals surface area (Å²) >= 11 is 0. The van der Waals surface area contributed by atoms with Gasteiger partial charge in [-0.15, -0.1) is 0 Å². The molecule has 4 nitrogen and oxygen atoms in total. The Morgan fingerprint density at radius 1 is 1.14 bits per heavy atom. The number of hydrogen-bond acceptors (Lipinski definition) is 4. The van der Waals surface area contributed by atoms with E-state index in [0.29, 0.717) is 17.6 Å². The molecule has 3 rings (SSSR count). The maximum atomic E-state index is 12.1. The predicted molar refractivity (Wildman–Crippen MR) is 80.4 cm³/mol. The summed E-state index contributed by atoms with van der Waals surface area (Å²) in [7, 11) is 1.57. The number of hydrogen-bond donors (Lipinski definition) is 1. The van der Waals surface area contributed by atoms with Gasteiger partial charge in [-0.1, -0.05) is 17.9 Å². The van der Waals surface area contributed by atoms with E-state index in [9.17, 15) is 9.90 Å². The van der Waals surface area contributed by atoms with Crippen LogP contribution in [0, 0.1) is 11.8 Å². The van der Waals surface area contributed by atoms with E-state index in [1.807, 2.05) is 12.1 Å². The van der Waals surface area contributed by atoms with Crippen molar-refractivity contribution in [1.82, 2.24) is 0 Å². The summed E-state index contributed by atoms with van der Waals surface area (Å²) in [4.78, 5) is 12.1. The Labute approximate surface area is 120 Å². The van der Waals surface area contributed by atoms with Crippen molar-refractivity contribution in [3.05, 3.63) is 52.4 Å². The number of aromatic hydroxyl groups is 1. The average molecular weight is 280 g/mol. The Morgan fingerprint density at radius 2 is 1.95 bits per heavy atom. The van der Waals surface area contributed by atoms with Gasteiger partial charge in [-0.05, 0) is 24.3 Å². The van der Waals surface area contributed by atoms with E-state index < -0.39 is 5.63 Å². The van der Waals surface area contributed by atoms with Gasteiger partial charge in [0.05, 0.1) is 5.39 Å². The molecule has 21 heavy (non-hydrogen) atoms. The minimum atomic E-state index is -0.446. The van der Waals surface area contributed by atoms with Crippen LogP contribution in [0.5, 0.6) is 5.75 Å². The molecule has 0 atom stereocenters. The van der Waals surface area contributed by atoms with Gasteiger partial charge in [-0.2, -0.15) is 0 Å². The number of phenols is 1. The van der Waals surface area contributed by atoms with Crippen LogP contribution in [-0.4, -0.2) is 18.8 Å². The maximum Gasteiger partial charge on any atom is 0.344 e. The highest BCUT2D eigenvalue weighted by atomic mass is 16.5. The Bertz CT molecular complexity index is 942. The second-order valence-electron chi connectivity index (χ2n) is 4.57. The lowest BCUT2D eigenvalue weighted by Gasteiger charge is -2.03. The fraction of sp³-hybridized carbons (Fsp3) is 0.118. The van der Waals surface area contributed by atoms with Gasteiger partial charge in [0, 0.05) is 29.5 Å². The highest BCUT2D eigenvalue weighted by molar-refractivity contribution is 6.04. The fourth-order valence-electron chi connectivity index (χ4n) is 2.21. The lowest BCUT2D eigenvalue weighted by Crippen LogP contribution is -2.00. The van der Waals surface area contributed by atoms with Crippen molar-refractivity contribution >= 4 is 21.7 Å². The standard InChI is InChI=1S/C17H12O4/c1-20-8-2-3-11-4-6-13-14-7-5-12(18)10-16(14)21-17(19)15(13)9-11/h4-7,9-10,18H,8H2,1H3. The number of fused-ring (bicyclic) bond motifs is 3. The van der Waals surface area contributed by atoms with Gasteiger partial charge in [0.25, 0.3) is 0 Å². The maximum absolute atomic E-state index is 12.1. The van der Waals surface area contributed by atoms with Crippen LogP contribution in [0.15, 0.2) is 45.6 Å². The number of rotatable bonds is 1. The van der Waals surface area contributed by atoms with Crippen LogP contribution < -0.4 is 5.63 Å². The van der Waals surface area contributed by atoms with Gasteiger partial charge >= 0.3 is 5.63 Å². The highest BCUT2D eigenvalue weighted by Gasteiger charge is 2.08. The Kier molecular flexibility index (Phi) is 3.35. The Morgan fingerprint density at radius 3 is 2.76 bits per heavy atom. The van der Waals surface area contributed by atoms with Crippen molar-refractivity contribution in [3.63, 3.8) is 0 Å². The van der Waals surface area contributed by atoms with Crippen LogP contribution in [0.3, 0.4) is 0 Å². The van der Waals surface area contributed by atoms with Crippen LogP contribution in [0.4, 0.5) is 0 Å². The molecule has 0 amide bonds. The van der Waals surface area contributed by atoms with E-state index in [-0.39, 0.29) is 5.75 Å². The number of benzene rings is 2. The summed E-state index contributed by atoms with van der Waals surface area (Å²) in [6, 6.07) is 10.1. The van der Waals surface area contributed by atoms with Crippen LogP contribution in [0.1, 0.15) is 5.56 Å². The van der Waals surface area contributed by atoms with Gasteiger partial charge in [0.15, 0.2) is 0 Å². The molecule has 0 aliphatic carbocycles. The fourth-order valence-corrected chi connectivity index (χ4v) is 2.21. The predicted octanol–water partition coefficient (Wildman–Crippen LogP) is 2.65. The zero-order chi connectivity index (χ0) is 14.8. The highest BCUT2D eigenvalue weighted by Crippen LogP contribution is 2.26. The molecule has 0 aliphatic heterocycles. The number of ether oxygens (including phenoxy) is 1. The molecule has 3 aromatic rings. The minimum absolute atomic E-state index is 0.0621. The van der Waals surface area contributed by atoms with Gasteiger partial charge in [-0.3, -0.25) is 0 Å². The second-order valence-corrected chi connectivity index (χ2v) is 4.57. The van der Waals surface area contributed by atoms with Crippen LogP contribution in [0.25, 0.3) is 21.7 Å². The molecule has 1 N–H and O–H groups in total. The minimum Gasteiger partial charge on any atom is -0.508 e. The topological polar surface area (TPSA) is 59.7 Å². The zero-order valence-corrected chi connectivity index (χ0v) is 11.3. The lowest BCUT2D eigenvalue weighted by molar-refractivity contribution is 0.240. The lowest BCUT2D eigenvalue weighted by atomic mass is 10.0. The van der Waals surface area contributed by atoms with Crippen molar-refractivity contribution < 1.29 is 14.3 Å². The van der Waals surface area contributed by atoms with Crippen molar-refractivity contribution in [1.29, 1.82) is 0 Å². The molecule has 0 saturated heterocycles. The van der Waals surface area contributed by atoms with Crippen LogP contribution in [-0.2, 0) is 4.74 Å². The van der Waals surface area contributed by atoms with Crippen molar-refractivity contribution in [2.45, 2.75) is 0 Å². The van der Waals surface area contributed by atoms with E-state index in [0.717, 1.165) is 16.3 Å². The molecule has 104 valence electrons. The summed E-state index contributed by atoms with van der Waals surface area (Å²) in [6.07, 6.45) is 0. The molecule has 0 aliphatic rings. The summed E-state index contributed by atoms with van der Waals surface area (Å²) in [5, 5.41) is 11.5. The van der Waals surface area contributed by atoms with Crippen molar-refractivity contribution in [3.8, 4) is 17.6 Å². The molecule has 0 bridgehead atoms. The average Bonchev–Trinajstić information content (AvgIpc) is 2.47. The van der Waals surface area contributed by atoms with Crippen LogP contribution in [0.2, 0.25) is 0 Å². The van der Waals surface area contributed by atoms with E-state index >= 15 is 0 Å². The molecule has 1 aromatic heterocycles. The molecule has 0 saturated carbocycles. The van der Waals surface area contributed by atoms with Crippen LogP contribution >= 0.6 is 0 Å². The Hall–Kier alpha value is -2.77. The van der Waals surface area contributed by atoms with E-state index in [1.54, 1.807) is 25.3 Å². The summed E-state index contributed by atoms with van der Waals surface area (Å²) < 4.78 is 10.1. The molecule has 0 unspecified atom stereocenters. The Balaban J connectivity index is 2.26. The molecule has 0 fully saturated rings. The van der Waals surface area contributed by atoms with Crippen molar-refractivity contribution in [2.24, 2.45) is 0 Å². The molecule has 4 heteroatoms. The van der Waals surface area contributed by atoms with E-state index in [2.05, 4.69) is 11.8 Å². The summed E-state index contributed by atoms with van der Waals surface area (Å²) in [5.74, 6) is 5.83. The third-order valence-corrected chi connectivity index (χ3v) is 3.15. The smallest absolute Gasteiger partial charge is 0.344 e. The molecular weight excluding hydrogens is 268 g/mol. The second kappa shape index (κ2) is 5.31. The normalized spacial score (nSPS) is 10.5. The molecule has 0 spiro atoms. The van der Waals surface area contributed by atoms with Gasteiger partial charge in [0.1, 0.15) is 17.9 Å². The molecule has 2 aromatic carbocycles. The SMILES string of the molecule is COCC#Cc1ccc2c(c1)c(=O)oc1cc(O)ccc12. The van der Waals surface area contributed by atoms with E-state index in [4.69, 9.17) is 9.15 Å². The molecular formula is C17H12O4. The first-order valence-electron chi connectivity index (χ1n) is 6.36. The first-order chi connectivity index (χ1) is 10.2. The van der Waals surface area contributed by atoms with Gasteiger partial charge < -0.3 is 14.3 Å². The first kappa shape index (κ1) is 13.2. The molecule has 0 radical (unpaired) electrons. The number of phenolic OH excluding ortho intramolecular Hbond substituents is 1. The largest absolute Gasteiger partial charge is 0.508 e. The van der Waals surface area contributed by atoms with Gasteiger partial charge in [-0.25, -0.2) is 4.79 Å². The van der Waals surface area contributed by atoms with Gasteiger partial charge in [0.2, 0.25) is 0 Å².